The molecule has 1 amide bonds. The summed E-state index contributed by atoms with van der Waals surface area (Å²) in [4.78, 5) is 25.4. The van der Waals surface area contributed by atoms with Gasteiger partial charge in [-0.2, -0.15) is 18.3 Å². The van der Waals surface area contributed by atoms with Crippen LogP contribution in [0.4, 0.5) is 13.2 Å². The summed E-state index contributed by atoms with van der Waals surface area (Å²) in [6, 6.07) is 3.02. The Hall–Kier alpha value is -2.52. The zero-order valence-electron chi connectivity index (χ0n) is 14.0. The molecule has 0 fully saturated rings. The van der Waals surface area contributed by atoms with Crippen LogP contribution >= 0.6 is 0 Å². The minimum atomic E-state index is -4.56. The van der Waals surface area contributed by atoms with Crippen LogP contribution in [0, 0.1) is 0 Å². The summed E-state index contributed by atoms with van der Waals surface area (Å²) >= 11 is 0. The van der Waals surface area contributed by atoms with E-state index in [-0.39, 0.29) is 12.3 Å². The van der Waals surface area contributed by atoms with E-state index in [0.717, 1.165) is 23.9 Å². The second-order valence-electron chi connectivity index (χ2n) is 6.26. The number of fused-ring (bicyclic) bond motifs is 1. The van der Waals surface area contributed by atoms with Crippen LogP contribution in [-0.4, -0.2) is 37.9 Å². The molecule has 2 aromatic heterocycles. The molecule has 1 aliphatic heterocycles. The van der Waals surface area contributed by atoms with Gasteiger partial charge in [-0.1, -0.05) is 6.42 Å². The normalized spacial score (nSPS) is 14.7. The molecule has 0 unspecified atom stereocenters. The molecule has 7 nitrogen and oxygen atoms in total. The Kier molecular flexibility index (Phi) is 5.19. The lowest BCUT2D eigenvalue weighted by atomic mass is 10.2. The number of carbonyl (C=O) groups is 1. The summed E-state index contributed by atoms with van der Waals surface area (Å²) < 4.78 is 46.0. The number of rotatable bonds is 5. The lowest BCUT2D eigenvalue weighted by Crippen LogP contribution is -2.41. The van der Waals surface area contributed by atoms with Crippen LogP contribution in [0.3, 0.4) is 0 Å². The van der Waals surface area contributed by atoms with Gasteiger partial charge in [0.05, 0.1) is 12.8 Å². The Balaban J connectivity index is 1.78. The van der Waals surface area contributed by atoms with Crippen molar-refractivity contribution >= 4 is 5.91 Å². The van der Waals surface area contributed by atoms with Gasteiger partial charge in [0.1, 0.15) is 24.7 Å². The number of aromatic nitrogens is 3. The molecule has 3 rings (SSSR count). The topological polar surface area (TPSA) is 73.3 Å². The SMILES string of the molecule is O=C(Cn1nc2n(c1=O)CCCCC2)N(Cc1ccco1)CC(F)(F)F. The first kappa shape index (κ1) is 18.3. The highest BCUT2D eigenvalue weighted by atomic mass is 19.4. The van der Waals surface area contributed by atoms with Crippen molar-refractivity contribution in [1.82, 2.24) is 19.2 Å². The Morgan fingerprint density at radius 2 is 2.12 bits per heavy atom. The number of amides is 1. The predicted octanol–water partition coefficient (Wildman–Crippen LogP) is 1.96. The number of carbonyl (C=O) groups excluding carboxylic acids is 1. The van der Waals surface area contributed by atoms with Crippen molar-refractivity contribution in [2.45, 2.75) is 51.5 Å². The van der Waals surface area contributed by atoms with Crippen molar-refractivity contribution < 1.29 is 22.4 Å². The molecule has 0 saturated heterocycles. The van der Waals surface area contributed by atoms with Gasteiger partial charge in [0.25, 0.3) is 0 Å². The summed E-state index contributed by atoms with van der Waals surface area (Å²) in [6.45, 7) is -1.76. The Bertz CT molecular complexity index is 808. The molecule has 0 radical (unpaired) electrons. The number of alkyl halides is 3. The molecular weight excluding hydrogens is 353 g/mol. The van der Waals surface area contributed by atoms with Gasteiger partial charge in [0.2, 0.25) is 5.91 Å². The molecule has 10 heteroatoms. The van der Waals surface area contributed by atoms with Crippen LogP contribution in [0.5, 0.6) is 0 Å². The average molecular weight is 372 g/mol. The van der Waals surface area contributed by atoms with Gasteiger partial charge in [-0.25, -0.2) is 9.48 Å². The lowest BCUT2D eigenvalue weighted by Gasteiger charge is -2.22. The van der Waals surface area contributed by atoms with E-state index in [2.05, 4.69) is 5.10 Å². The Morgan fingerprint density at radius 1 is 1.31 bits per heavy atom. The monoisotopic (exact) mass is 372 g/mol. The highest BCUT2D eigenvalue weighted by Crippen LogP contribution is 2.19. The van der Waals surface area contributed by atoms with E-state index >= 15 is 0 Å². The average Bonchev–Trinajstić information content (AvgIpc) is 3.08. The van der Waals surface area contributed by atoms with E-state index in [0.29, 0.717) is 23.7 Å². The Morgan fingerprint density at radius 3 is 2.81 bits per heavy atom. The number of hydrogen-bond donors (Lipinski definition) is 0. The minimum Gasteiger partial charge on any atom is -0.467 e. The van der Waals surface area contributed by atoms with Crippen LogP contribution in [-0.2, 0) is 30.8 Å². The van der Waals surface area contributed by atoms with Gasteiger partial charge in [-0.3, -0.25) is 9.36 Å². The van der Waals surface area contributed by atoms with Gasteiger partial charge in [-0.15, -0.1) is 0 Å². The molecular formula is C16H19F3N4O3. The number of halogens is 3. The smallest absolute Gasteiger partial charge is 0.406 e. The molecule has 0 N–H and O–H groups in total. The highest BCUT2D eigenvalue weighted by molar-refractivity contribution is 5.75. The van der Waals surface area contributed by atoms with Crippen LogP contribution in [0.15, 0.2) is 27.6 Å². The highest BCUT2D eigenvalue weighted by Gasteiger charge is 2.34. The number of nitrogens with zero attached hydrogens (tertiary/aromatic N) is 4. The van der Waals surface area contributed by atoms with Gasteiger partial charge in [-0.05, 0) is 25.0 Å². The molecule has 0 aliphatic carbocycles. The van der Waals surface area contributed by atoms with Crippen molar-refractivity contribution in [1.29, 1.82) is 0 Å². The van der Waals surface area contributed by atoms with E-state index < -0.39 is 30.9 Å². The van der Waals surface area contributed by atoms with Gasteiger partial charge in [0.15, 0.2) is 0 Å². The first-order chi connectivity index (χ1) is 12.3. The molecule has 2 aromatic rings. The molecule has 26 heavy (non-hydrogen) atoms. The van der Waals surface area contributed by atoms with Gasteiger partial charge >= 0.3 is 11.9 Å². The quantitative estimate of drug-likeness (QED) is 0.804. The summed E-state index contributed by atoms with van der Waals surface area (Å²) in [5, 5.41) is 4.14. The fourth-order valence-electron chi connectivity index (χ4n) is 3.00. The maximum absolute atomic E-state index is 12.8. The summed E-state index contributed by atoms with van der Waals surface area (Å²) in [6.07, 6.45) is 0.106. The minimum absolute atomic E-state index is 0.232. The maximum Gasteiger partial charge on any atom is 0.406 e. The van der Waals surface area contributed by atoms with E-state index in [1.165, 1.54) is 23.0 Å². The van der Waals surface area contributed by atoms with E-state index in [9.17, 15) is 22.8 Å². The van der Waals surface area contributed by atoms with Gasteiger partial charge in [0, 0.05) is 13.0 Å². The molecule has 0 bridgehead atoms. The molecule has 0 saturated carbocycles. The predicted molar refractivity (Wildman–Crippen MR) is 84.2 cm³/mol. The molecule has 1 aliphatic rings. The van der Waals surface area contributed by atoms with Crippen molar-refractivity contribution in [2.24, 2.45) is 0 Å². The fourth-order valence-corrected chi connectivity index (χ4v) is 3.00. The Labute approximate surface area is 147 Å². The van der Waals surface area contributed by atoms with Crippen LogP contribution in [0.1, 0.15) is 30.8 Å². The first-order valence-electron chi connectivity index (χ1n) is 8.37. The van der Waals surface area contributed by atoms with Crippen molar-refractivity contribution in [3.05, 3.63) is 40.5 Å². The van der Waals surface area contributed by atoms with Crippen molar-refractivity contribution in [3.63, 3.8) is 0 Å². The number of aryl methyl sites for hydroxylation is 1. The third kappa shape index (κ3) is 4.36. The zero-order chi connectivity index (χ0) is 18.7. The number of hydrogen-bond acceptors (Lipinski definition) is 4. The third-order valence-electron chi connectivity index (χ3n) is 4.22. The second kappa shape index (κ2) is 7.38. The van der Waals surface area contributed by atoms with Crippen LogP contribution < -0.4 is 5.69 Å². The van der Waals surface area contributed by atoms with Gasteiger partial charge < -0.3 is 9.32 Å². The zero-order valence-corrected chi connectivity index (χ0v) is 14.0. The van der Waals surface area contributed by atoms with E-state index in [4.69, 9.17) is 4.42 Å². The van der Waals surface area contributed by atoms with Crippen LogP contribution in [0.25, 0.3) is 0 Å². The standard InChI is InChI=1S/C16H19F3N4O3/c17-16(18,19)11-21(9-12-5-4-8-26-12)14(24)10-23-15(25)22-7-3-1-2-6-13(22)20-23/h4-5,8H,1-3,6-7,9-11H2. The number of furan rings is 1. The van der Waals surface area contributed by atoms with E-state index in [1.54, 1.807) is 0 Å². The largest absolute Gasteiger partial charge is 0.467 e. The molecule has 0 atom stereocenters. The summed E-state index contributed by atoms with van der Waals surface area (Å²) in [7, 11) is 0. The third-order valence-corrected chi connectivity index (χ3v) is 4.22. The van der Waals surface area contributed by atoms with Crippen LogP contribution in [0.2, 0.25) is 0 Å². The van der Waals surface area contributed by atoms with E-state index in [1.807, 2.05) is 0 Å². The fraction of sp³-hybridized carbons (Fsp3) is 0.562. The summed E-state index contributed by atoms with van der Waals surface area (Å²) in [5.74, 6) is -0.0293. The molecule has 0 spiro atoms. The molecule has 142 valence electrons. The molecule has 3 heterocycles. The lowest BCUT2D eigenvalue weighted by molar-refractivity contribution is -0.163. The maximum atomic E-state index is 12.8. The second-order valence-corrected chi connectivity index (χ2v) is 6.26. The first-order valence-corrected chi connectivity index (χ1v) is 8.37. The summed E-state index contributed by atoms with van der Waals surface area (Å²) in [5.41, 5.74) is -0.458. The van der Waals surface area contributed by atoms with Crippen molar-refractivity contribution in [2.75, 3.05) is 6.54 Å². The van der Waals surface area contributed by atoms with Crippen molar-refractivity contribution in [3.8, 4) is 0 Å². The molecule has 0 aromatic carbocycles.